The first-order valence-electron chi connectivity index (χ1n) is 12.4. The molecule has 3 aromatic carbocycles. The van der Waals surface area contributed by atoms with Gasteiger partial charge < -0.3 is 28.1 Å². The van der Waals surface area contributed by atoms with E-state index in [0.29, 0.717) is 42.7 Å². The molecule has 3 aromatic heterocycles. The Morgan fingerprint density at radius 1 is 0.897 bits per heavy atom. The average Bonchev–Trinajstić information content (AvgIpc) is 3.69. The molecule has 196 valence electrons. The number of hydrogen-bond donors (Lipinski definition) is 0. The lowest BCUT2D eigenvalue weighted by Crippen LogP contribution is -2.15. The summed E-state index contributed by atoms with van der Waals surface area (Å²) in [4.78, 5) is 5.52. The minimum Gasteiger partial charge on any atom is -0.496 e. The molecule has 0 saturated carbocycles. The van der Waals surface area contributed by atoms with Gasteiger partial charge in [-0.25, -0.2) is 4.98 Å². The molecule has 6 aromatic rings. The minimum absolute atomic E-state index is 0.376. The van der Waals surface area contributed by atoms with Crippen LogP contribution in [0.4, 0.5) is 0 Å². The van der Waals surface area contributed by atoms with E-state index < -0.39 is 0 Å². The Balaban J connectivity index is 1.17. The largest absolute Gasteiger partial charge is 0.496 e. The van der Waals surface area contributed by atoms with E-state index in [1.165, 1.54) is 11.3 Å². The third kappa shape index (κ3) is 4.40. The van der Waals surface area contributed by atoms with Gasteiger partial charge in [0.15, 0.2) is 27.3 Å². The van der Waals surface area contributed by atoms with Crippen molar-refractivity contribution in [2.75, 3.05) is 27.4 Å². The molecule has 0 atom stereocenters. The normalized spacial score (nSPS) is 12.7. The minimum atomic E-state index is 0.376. The van der Waals surface area contributed by atoms with Gasteiger partial charge in [0.2, 0.25) is 0 Å². The second kappa shape index (κ2) is 9.59. The van der Waals surface area contributed by atoms with E-state index in [4.69, 9.17) is 33.1 Å². The highest BCUT2D eigenvalue weighted by atomic mass is 32.1. The number of thiazole rings is 1. The molecular formula is C30H24N2O6S. The third-order valence-corrected chi connectivity index (χ3v) is 7.55. The van der Waals surface area contributed by atoms with E-state index in [1.54, 1.807) is 14.2 Å². The van der Waals surface area contributed by atoms with Crippen LogP contribution in [-0.2, 0) is 6.61 Å². The van der Waals surface area contributed by atoms with Gasteiger partial charge >= 0.3 is 0 Å². The number of hydrogen-bond acceptors (Lipinski definition) is 8. The molecule has 39 heavy (non-hydrogen) atoms. The van der Waals surface area contributed by atoms with E-state index in [0.717, 1.165) is 49.3 Å². The molecule has 0 saturated heterocycles. The van der Waals surface area contributed by atoms with Crippen LogP contribution in [0.5, 0.6) is 28.1 Å². The zero-order valence-corrected chi connectivity index (χ0v) is 22.1. The van der Waals surface area contributed by atoms with Gasteiger partial charge in [-0.3, -0.25) is 4.40 Å². The lowest BCUT2D eigenvalue weighted by Gasteiger charge is -2.19. The molecule has 7 rings (SSSR count). The summed E-state index contributed by atoms with van der Waals surface area (Å²) in [6.45, 7) is 1.51. The molecule has 9 heteroatoms. The van der Waals surface area contributed by atoms with Gasteiger partial charge in [0.1, 0.15) is 42.6 Å². The van der Waals surface area contributed by atoms with Gasteiger partial charge in [0.25, 0.3) is 0 Å². The third-order valence-electron chi connectivity index (χ3n) is 6.59. The molecule has 1 aliphatic rings. The van der Waals surface area contributed by atoms with Crippen molar-refractivity contribution >= 4 is 27.3 Å². The number of rotatable bonds is 7. The summed E-state index contributed by atoms with van der Waals surface area (Å²) < 4.78 is 36.7. The summed E-state index contributed by atoms with van der Waals surface area (Å²) in [7, 11) is 3.28. The van der Waals surface area contributed by atoms with E-state index in [1.807, 2.05) is 65.3 Å². The standard InChI is InChI=1S/C30H24N2O6S/c1-33-21-12-25(22-14-27(38-26(22)13-21)23-15-32-16-29(34-2)39-30(32)31-23)37-17-18-4-3-5-19(10-18)20-6-7-24-28(11-20)36-9-8-35-24/h3-7,10-16H,8-9,17H2,1-2H3. The second-order valence-corrected chi connectivity index (χ2v) is 10.0. The molecular weight excluding hydrogens is 516 g/mol. The van der Waals surface area contributed by atoms with Crippen molar-refractivity contribution in [2.24, 2.45) is 0 Å². The van der Waals surface area contributed by atoms with E-state index in [2.05, 4.69) is 12.1 Å². The Hall–Kier alpha value is -4.63. The predicted octanol–water partition coefficient (Wildman–Crippen LogP) is 6.84. The maximum Gasteiger partial charge on any atom is 0.197 e. The predicted molar refractivity (Wildman–Crippen MR) is 149 cm³/mol. The van der Waals surface area contributed by atoms with Crippen molar-refractivity contribution in [1.82, 2.24) is 9.38 Å². The Labute approximate surface area is 227 Å². The fraction of sp³-hybridized carbons (Fsp3) is 0.167. The van der Waals surface area contributed by atoms with Crippen LogP contribution in [-0.4, -0.2) is 36.8 Å². The molecule has 0 aliphatic carbocycles. The monoisotopic (exact) mass is 540 g/mol. The van der Waals surface area contributed by atoms with Crippen LogP contribution >= 0.6 is 11.3 Å². The van der Waals surface area contributed by atoms with Gasteiger partial charge in [0.05, 0.1) is 25.8 Å². The number of ether oxygens (including phenoxy) is 5. The Kier molecular flexibility index (Phi) is 5.78. The summed E-state index contributed by atoms with van der Waals surface area (Å²) >= 11 is 1.47. The van der Waals surface area contributed by atoms with Crippen LogP contribution in [0.3, 0.4) is 0 Å². The smallest absolute Gasteiger partial charge is 0.197 e. The Morgan fingerprint density at radius 3 is 2.62 bits per heavy atom. The number of furan rings is 1. The van der Waals surface area contributed by atoms with Crippen molar-refractivity contribution in [2.45, 2.75) is 6.61 Å². The highest BCUT2D eigenvalue weighted by molar-refractivity contribution is 7.18. The summed E-state index contributed by atoms with van der Waals surface area (Å²) in [6, 6.07) is 20.0. The molecule has 1 aliphatic heterocycles. The lowest BCUT2D eigenvalue weighted by atomic mass is 10.0. The van der Waals surface area contributed by atoms with Gasteiger partial charge in [-0.05, 0) is 41.0 Å². The van der Waals surface area contributed by atoms with Crippen LogP contribution < -0.4 is 23.7 Å². The number of aromatic nitrogens is 2. The number of imidazole rings is 1. The van der Waals surface area contributed by atoms with Crippen molar-refractivity contribution in [3.63, 3.8) is 0 Å². The van der Waals surface area contributed by atoms with Gasteiger partial charge in [0, 0.05) is 18.3 Å². The fourth-order valence-corrected chi connectivity index (χ4v) is 5.44. The fourth-order valence-electron chi connectivity index (χ4n) is 4.66. The number of nitrogens with zero attached hydrogens (tertiary/aromatic N) is 2. The zero-order chi connectivity index (χ0) is 26.3. The molecule has 0 amide bonds. The zero-order valence-electron chi connectivity index (χ0n) is 21.3. The lowest BCUT2D eigenvalue weighted by molar-refractivity contribution is 0.171. The van der Waals surface area contributed by atoms with Crippen molar-refractivity contribution < 1.29 is 28.1 Å². The van der Waals surface area contributed by atoms with Gasteiger partial charge in [-0.1, -0.05) is 35.6 Å². The van der Waals surface area contributed by atoms with Crippen LogP contribution in [0.25, 0.3) is 38.5 Å². The first-order valence-corrected chi connectivity index (χ1v) is 13.2. The van der Waals surface area contributed by atoms with Crippen molar-refractivity contribution in [3.8, 4) is 50.6 Å². The highest BCUT2D eigenvalue weighted by Crippen LogP contribution is 2.38. The first kappa shape index (κ1) is 23.5. The van der Waals surface area contributed by atoms with Crippen LogP contribution in [0.15, 0.2) is 77.5 Å². The van der Waals surface area contributed by atoms with Crippen LogP contribution in [0.2, 0.25) is 0 Å². The molecule has 0 N–H and O–H groups in total. The average molecular weight is 541 g/mol. The SMILES string of the molecule is COc1cc(OCc2cccc(-c3ccc4c(c3)OCCO4)c2)c2cc(-c3cn4cc(OC)sc4n3)oc2c1. The topological polar surface area (TPSA) is 76.6 Å². The van der Waals surface area contributed by atoms with E-state index in [9.17, 15) is 0 Å². The first-order chi connectivity index (χ1) is 19.2. The number of fused-ring (bicyclic) bond motifs is 3. The number of methoxy groups -OCH3 is 2. The Bertz CT molecular complexity index is 1790. The molecule has 0 radical (unpaired) electrons. The maximum absolute atomic E-state index is 6.33. The summed E-state index contributed by atoms with van der Waals surface area (Å²) in [6.07, 6.45) is 3.82. The maximum atomic E-state index is 6.33. The van der Waals surface area contributed by atoms with Gasteiger partial charge in [-0.2, -0.15) is 0 Å². The molecule has 4 heterocycles. The van der Waals surface area contributed by atoms with E-state index >= 15 is 0 Å². The molecule has 0 spiro atoms. The molecule has 0 fully saturated rings. The van der Waals surface area contributed by atoms with Crippen LogP contribution in [0.1, 0.15) is 5.56 Å². The summed E-state index contributed by atoms with van der Waals surface area (Å²) in [5.41, 5.74) is 4.56. The highest BCUT2D eigenvalue weighted by Gasteiger charge is 2.17. The quantitative estimate of drug-likeness (QED) is 0.219. The molecule has 0 bridgehead atoms. The number of benzene rings is 3. The van der Waals surface area contributed by atoms with Crippen molar-refractivity contribution in [3.05, 3.63) is 78.6 Å². The van der Waals surface area contributed by atoms with Crippen molar-refractivity contribution in [1.29, 1.82) is 0 Å². The molecule has 0 unspecified atom stereocenters. The second-order valence-electron chi connectivity index (χ2n) is 9.07. The Morgan fingerprint density at radius 2 is 1.77 bits per heavy atom. The van der Waals surface area contributed by atoms with Gasteiger partial charge in [-0.15, -0.1) is 0 Å². The van der Waals surface area contributed by atoms with Crippen LogP contribution in [0, 0.1) is 0 Å². The molecule has 8 nitrogen and oxygen atoms in total. The summed E-state index contributed by atoms with van der Waals surface area (Å²) in [5.74, 6) is 3.53. The van der Waals surface area contributed by atoms with E-state index in [-0.39, 0.29) is 0 Å². The summed E-state index contributed by atoms with van der Waals surface area (Å²) in [5, 5.41) is 1.65.